The van der Waals surface area contributed by atoms with Gasteiger partial charge in [-0.05, 0) is 56.2 Å². The van der Waals surface area contributed by atoms with Crippen LogP contribution in [0.15, 0.2) is 23.1 Å². The minimum absolute atomic E-state index is 0.321. The van der Waals surface area contributed by atoms with Gasteiger partial charge < -0.3 is 5.32 Å². The van der Waals surface area contributed by atoms with Crippen molar-refractivity contribution in [1.29, 1.82) is 5.26 Å². The van der Waals surface area contributed by atoms with Crippen LogP contribution in [0.1, 0.15) is 25.7 Å². The van der Waals surface area contributed by atoms with E-state index in [0.717, 1.165) is 36.3 Å². The van der Waals surface area contributed by atoms with E-state index in [4.69, 9.17) is 23.2 Å². The lowest BCUT2D eigenvalue weighted by Gasteiger charge is -2.28. The van der Waals surface area contributed by atoms with Crippen molar-refractivity contribution in [3.8, 4) is 6.07 Å². The Bertz CT molecular complexity index is 515. The second-order valence-corrected chi connectivity index (χ2v) is 7.12. The minimum atomic E-state index is -0.321. The Kier molecular flexibility index (Phi) is 5.63. The second kappa shape index (κ2) is 7.04. The highest BCUT2D eigenvalue weighted by molar-refractivity contribution is 7.99. The van der Waals surface area contributed by atoms with Crippen molar-refractivity contribution in [3.05, 3.63) is 28.2 Å². The van der Waals surface area contributed by atoms with Crippen molar-refractivity contribution in [2.24, 2.45) is 5.92 Å². The normalized spacial score (nSPS) is 25.6. The van der Waals surface area contributed by atoms with Gasteiger partial charge in [0.25, 0.3) is 0 Å². The number of benzene rings is 1. The summed E-state index contributed by atoms with van der Waals surface area (Å²) in [5.41, 5.74) is -0.321. The van der Waals surface area contributed by atoms with Gasteiger partial charge in [-0.15, -0.1) is 11.8 Å². The summed E-state index contributed by atoms with van der Waals surface area (Å²) in [6, 6.07) is 8.20. The van der Waals surface area contributed by atoms with Crippen LogP contribution in [0, 0.1) is 17.2 Å². The molecule has 1 saturated carbocycles. The second-order valence-electron chi connectivity index (χ2n) is 5.14. The van der Waals surface area contributed by atoms with E-state index in [-0.39, 0.29) is 5.54 Å². The van der Waals surface area contributed by atoms with Crippen LogP contribution < -0.4 is 5.32 Å². The molecule has 1 aliphatic rings. The molecule has 1 aromatic carbocycles. The van der Waals surface area contributed by atoms with Crippen LogP contribution in [-0.2, 0) is 0 Å². The molecule has 0 bridgehead atoms. The molecule has 1 N–H and O–H groups in total. The number of rotatable bonds is 5. The molecule has 2 rings (SSSR count). The molecule has 0 heterocycles. The van der Waals surface area contributed by atoms with Crippen LogP contribution >= 0.6 is 35.0 Å². The Morgan fingerprint density at radius 3 is 2.90 bits per heavy atom. The molecule has 0 aliphatic heterocycles. The zero-order valence-electron chi connectivity index (χ0n) is 11.5. The highest BCUT2D eigenvalue weighted by atomic mass is 35.5. The first kappa shape index (κ1) is 16.0. The molecule has 0 aromatic heterocycles. The monoisotopic (exact) mass is 328 g/mol. The molecule has 0 amide bonds. The highest BCUT2D eigenvalue weighted by Crippen LogP contribution is 2.38. The van der Waals surface area contributed by atoms with Crippen molar-refractivity contribution in [1.82, 2.24) is 5.32 Å². The number of nitriles is 1. The van der Waals surface area contributed by atoms with E-state index < -0.39 is 0 Å². The molecule has 108 valence electrons. The Labute approximate surface area is 134 Å². The smallest absolute Gasteiger partial charge is 0.109 e. The predicted molar refractivity (Wildman–Crippen MR) is 86.5 cm³/mol. The number of thioether (sulfide) groups is 1. The van der Waals surface area contributed by atoms with Crippen LogP contribution in [-0.4, -0.2) is 18.3 Å². The predicted octanol–water partition coefficient (Wildman–Crippen LogP) is 4.76. The molecule has 0 radical (unpaired) electrons. The molecule has 20 heavy (non-hydrogen) atoms. The summed E-state index contributed by atoms with van der Waals surface area (Å²) < 4.78 is 0. The summed E-state index contributed by atoms with van der Waals surface area (Å²) in [5, 5.41) is 13.8. The maximum Gasteiger partial charge on any atom is 0.109 e. The molecule has 0 spiro atoms. The van der Waals surface area contributed by atoms with Crippen LogP contribution in [0.25, 0.3) is 0 Å². The van der Waals surface area contributed by atoms with Gasteiger partial charge in [-0.3, -0.25) is 0 Å². The molecular formula is C15H18Cl2N2S. The molecular weight excluding hydrogens is 311 g/mol. The van der Waals surface area contributed by atoms with Crippen molar-refractivity contribution < 1.29 is 0 Å². The lowest BCUT2D eigenvalue weighted by molar-refractivity contribution is 0.332. The Hall–Kier alpha value is -0.400. The molecule has 1 fully saturated rings. The van der Waals surface area contributed by atoms with Crippen molar-refractivity contribution in [3.63, 3.8) is 0 Å². The molecule has 2 nitrogen and oxygen atoms in total. The number of hydrogen-bond acceptors (Lipinski definition) is 3. The molecule has 1 aromatic rings. The van der Waals surface area contributed by atoms with Gasteiger partial charge in [0.1, 0.15) is 5.54 Å². The SMILES string of the molecule is CNC1(C#N)CCCC1CCSc1ccc(Cl)c(Cl)c1. The summed E-state index contributed by atoms with van der Waals surface area (Å²) in [5.74, 6) is 1.43. The van der Waals surface area contributed by atoms with E-state index in [0.29, 0.717) is 16.0 Å². The van der Waals surface area contributed by atoms with Gasteiger partial charge in [0.2, 0.25) is 0 Å². The van der Waals surface area contributed by atoms with Gasteiger partial charge in [-0.1, -0.05) is 29.6 Å². The van der Waals surface area contributed by atoms with Crippen LogP contribution in [0.3, 0.4) is 0 Å². The Balaban J connectivity index is 1.89. The van der Waals surface area contributed by atoms with E-state index in [9.17, 15) is 5.26 Å². The van der Waals surface area contributed by atoms with Crippen LogP contribution in [0.2, 0.25) is 10.0 Å². The largest absolute Gasteiger partial charge is 0.302 e. The number of nitrogens with zero attached hydrogens (tertiary/aromatic N) is 1. The van der Waals surface area contributed by atoms with Crippen molar-refractivity contribution in [2.75, 3.05) is 12.8 Å². The maximum atomic E-state index is 9.42. The van der Waals surface area contributed by atoms with Gasteiger partial charge in [-0.25, -0.2) is 0 Å². The first-order chi connectivity index (χ1) is 9.61. The lowest BCUT2D eigenvalue weighted by atomic mass is 9.87. The quantitative estimate of drug-likeness (QED) is 0.791. The highest BCUT2D eigenvalue weighted by Gasteiger charge is 2.41. The third-order valence-corrected chi connectivity index (χ3v) is 5.86. The van der Waals surface area contributed by atoms with Gasteiger partial charge in [0, 0.05) is 4.90 Å². The van der Waals surface area contributed by atoms with E-state index >= 15 is 0 Å². The lowest BCUT2D eigenvalue weighted by Crippen LogP contribution is -2.44. The average Bonchev–Trinajstić information content (AvgIpc) is 2.86. The molecule has 5 heteroatoms. The maximum absolute atomic E-state index is 9.42. The number of nitrogens with one attached hydrogen (secondary N) is 1. The minimum Gasteiger partial charge on any atom is -0.302 e. The van der Waals surface area contributed by atoms with Crippen molar-refractivity contribution >= 4 is 35.0 Å². The molecule has 2 unspecified atom stereocenters. The first-order valence-electron chi connectivity index (χ1n) is 6.79. The van der Waals surface area contributed by atoms with E-state index in [2.05, 4.69) is 11.4 Å². The fraction of sp³-hybridized carbons (Fsp3) is 0.533. The third-order valence-electron chi connectivity index (χ3n) is 4.09. The summed E-state index contributed by atoms with van der Waals surface area (Å²) in [7, 11) is 1.90. The van der Waals surface area contributed by atoms with Gasteiger partial charge in [-0.2, -0.15) is 5.26 Å². The van der Waals surface area contributed by atoms with E-state index in [1.807, 2.05) is 25.2 Å². The number of hydrogen-bond donors (Lipinski definition) is 1. The standard InChI is InChI=1S/C15H18Cl2N2S/c1-19-15(10-18)7-2-3-11(15)6-8-20-12-4-5-13(16)14(17)9-12/h4-5,9,11,19H,2-3,6-8H2,1H3. The van der Waals surface area contributed by atoms with E-state index in [1.165, 1.54) is 0 Å². The van der Waals surface area contributed by atoms with Crippen LogP contribution in [0.4, 0.5) is 0 Å². The Morgan fingerprint density at radius 1 is 1.45 bits per heavy atom. The van der Waals surface area contributed by atoms with Crippen molar-refractivity contribution in [2.45, 2.75) is 36.1 Å². The van der Waals surface area contributed by atoms with Gasteiger partial charge >= 0.3 is 0 Å². The average molecular weight is 329 g/mol. The third kappa shape index (κ3) is 3.43. The molecule has 1 aliphatic carbocycles. The summed E-state index contributed by atoms with van der Waals surface area (Å²) in [4.78, 5) is 1.13. The zero-order valence-corrected chi connectivity index (χ0v) is 13.8. The topological polar surface area (TPSA) is 35.8 Å². The number of halogens is 2. The fourth-order valence-electron chi connectivity index (χ4n) is 2.89. The summed E-state index contributed by atoms with van der Waals surface area (Å²) in [6.45, 7) is 0. The van der Waals surface area contributed by atoms with E-state index in [1.54, 1.807) is 11.8 Å². The summed E-state index contributed by atoms with van der Waals surface area (Å²) >= 11 is 13.7. The van der Waals surface area contributed by atoms with Crippen LogP contribution in [0.5, 0.6) is 0 Å². The summed E-state index contributed by atoms with van der Waals surface area (Å²) in [6.07, 6.45) is 4.27. The Morgan fingerprint density at radius 2 is 2.25 bits per heavy atom. The molecule has 0 saturated heterocycles. The van der Waals surface area contributed by atoms with Gasteiger partial charge in [0.15, 0.2) is 0 Å². The van der Waals surface area contributed by atoms with Gasteiger partial charge in [0.05, 0.1) is 16.1 Å². The molecule has 2 atom stereocenters. The zero-order chi connectivity index (χ0) is 14.6. The first-order valence-corrected chi connectivity index (χ1v) is 8.53. The fourth-order valence-corrected chi connectivity index (χ4v) is 4.25.